The van der Waals surface area contributed by atoms with E-state index in [4.69, 9.17) is 0 Å². The van der Waals surface area contributed by atoms with Gasteiger partial charge in [-0.25, -0.2) is 0 Å². The zero-order valence-electron chi connectivity index (χ0n) is 12.2. The summed E-state index contributed by atoms with van der Waals surface area (Å²) in [6, 6.07) is 10.8. The van der Waals surface area contributed by atoms with Crippen LogP contribution in [0.25, 0.3) is 0 Å². The zero-order valence-corrected chi connectivity index (χ0v) is 15.7. The van der Waals surface area contributed by atoms with Crippen molar-refractivity contribution in [3.05, 3.63) is 35.9 Å². The third-order valence-electron chi connectivity index (χ3n) is 3.98. The van der Waals surface area contributed by atoms with Crippen LogP contribution < -0.4 is 10.6 Å². The van der Waals surface area contributed by atoms with Crippen LogP contribution in [0.1, 0.15) is 38.3 Å². The largest absolute Gasteiger partial charge is 0.467 e. The fourth-order valence-corrected chi connectivity index (χ4v) is 3.85. The van der Waals surface area contributed by atoms with E-state index >= 15 is 0 Å². The Balaban J connectivity index is 2.20. The quantitative estimate of drug-likeness (QED) is 0.603. The van der Waals surface area contributed by atoms with E-state index in [-0.39, 0.29) is 10.8 Å². The summed E-state index contributed by atoms with van der Waals surface area (Å²) in [6.45, 7) is 5.66. The number of halogens is 1. The van der Waals surface area contributed by atoms with Crippen molar-refractivity contribution in [3.63, 3.8) is 0 Å². The molecule has 0 aromatic heterocycles. The Morgan fingerprint density at radius 2 is 2.15 bits per heavy atom. The molecule has 0 saturated carbocycles. The average molecular weight is 400 g/mol. The van der Waals surface area contributed by atoms with Gasteiger partial charge in [-0.05, 0) is 30.4 Å². The first kappa shape index (κ1) is 16.3. The van der Waals surface area contributed by atoms with Gasteiger partial charge in [0.15, 0.2) is 0 Å². The van der Waals surface area contributed by atoms with Crippen LogP contribution in [0, 0.1) is 5.41 Å². The second kappa shape index (κ2) is 7.26. The minimum atomic E-state index is -0.681. The van der Waals surface area contributed by atoms with Crippen molar-refractivity contribution in [1.29, 1.82) is 0 Å². The van der Waals surface area contributed by atoms with Crippen molar-refractivity contribution in [2.75, 3.05) is 6.54 Å². The number of benzene rings is 1. The van der Waals surface area contributed by atoms with E-state index in [2.05, 4.69) is 56.9 Å². The lowest BCUT2D eigenvalue weighted by molar-refractivity contribution is 0.181. The third-order valence-corrected chi connectivity index (χ3v) is 6.50. The summed E-state index contributed by atoms with van der Waals surface area (Å²) in [7, 11) is 0. The molecule has 0 radical (unpaired) electrons. The van der Waals surface area contributed by atoms with E-state index in [1.807, 2.05) is 18.2 Å². The molecule has 1 saturated heterocycles. The first-order chi connectivity index (χ1) is 9.52. The summed E-state index contributed by atoms with van der Waals surface area (Å²) in [4.78, 5) is 11.9. The Bertz CT molecular complexity index is 452. The Kier molecular flexibility index (Phi) is 5.91. The van der Waals surface area contributed by atoms with E-state index < -0.39 is 11.9 Å². The van der Waals surface area contributed by atoms with Gasteiger partial charge in [0.25, 0.3) is 0 Å². The van der Waals surface area contributed by atoms with E-state index in [9.17, 15) is 4.79 Å². The molecule has 1 aromatic rings. The third kappa shape index (κ3) is 4.46. The van der Waals surface area contributed by atoms with Crippen molar-refractivity contribution >= 4 is 37.0 Å². The van der Waals surface area contributed by atoms with Crippen LogP contribution in [0.15, 0.2) is 30.3 Å². The van der Waals surface area contributed by atoms with E-state index in [0.29, 0.717) is 11.5 Å². The summed E-state index contributed by atoms with van der Waals surface area (Å²) >= 11 is 1.57. The molecule has 2 rings (SSSR count). The molecule has 3 nitrogen and oxygen atoms in total. The molecule has 108 valence electrons. The Hall–Kier alpha value is -0.0875. The van der Waals surface area contributed by atoms with Crippen LogP contribution in [0.4, 0.5) is 4.79 Å². The number of carbonyl (C=O) groups excluding carboxylic acids is 1. The van der Waals surface area contributed by atoms with Crippen LogP contribution in [0.2, 0.25) is 0 Å². The lowest BCUT2D eigenvalue weighted by atomic mass is 9.77. The van der Waals surface area contributed by atoms with Crippen LogP contribution >= 0.6 is 20.3 Å². The monoisotopic (exact) mass is 400 g/mol. The molecule has 0 spiro atoms. The number of piperidine rings is 1. The molecule has 1 fully saturated rings. The SMILES string of the molecule is CC1(C)CCNC(C(N[C](=O)[AlH][I])c2ccccc2)C1. The number of carbonyl (C=O) groups is 1. The first-order valence-corrected chi connectivity index (χ1v) is 13.0. The van der Waals surface area contributed by atoms with Gasteiger partial charge in [0.05, 0.1) is 6.04 Å². The predicted octanol–water partition coefficient (Wildman–Crippen LogP) is 3.00. The fourth-order valence-electron chi connectivity index (χ4n) is 2.89. The van der Waals surface area contributed by atoms with Crippen LogP contribution in [-0.4, -0.2) is 29.3 Å². The highest BCUT2D eigenvalue weighted by molar-refractivity contribution is 14.1. The van der Waals surface area contributed by atoms with Crippen LogP contribution in [0.3, 0.4) is 0 Å². The Morgan fingerprint density at radius 3 is 2.75 bits per heavy atom. The second-order valence-corrected chi connectivity index (χ2v) is 9.47. The lowest BCUT2D eigenvalue weighted by Crippen LogP contribution is -2.50. The van der Waals surface area contributed by atoms with Crippen LogP contribution in [0.5, 0.6) is 0 Å². The molecular formula is C15H22AlIN2O. The number of hydrogen-bond donors (Lipinski definition) is 2. The van der Waals surface area contributed by atoms with Crippen molar-refractivity contribution in [2.24, 2.45) is 5.41 Å². The highest BCUT2D eigenvalue weighted by atomic mass is 127. The van der Waals surface area contributed by atoms with Gasteiger partial charge < -0.3 is 10.6 Å². The van der Waals surface area contributed by atoms with Gasteiger partial charge in [-0.2, -0.15) is 20.3 Å². The minimum absolute atomic E-state index is 0.0885. The van der Waals surface area contributed by atoms with E-state index in [1.165, 1.54) is 12.0 Å². The molecule has 1 aromatic carbocycles. The van der Waals surface area contributed by atoms with Gasteiger partial charge >= 0.3 is 11.9 Å². The van der Waals surface area contributed by atoms with Gasteiger partial charge in [0.2, 0.25) is 0 Å². The van der Waals surface area contributed by atoms with Crippen molar-refractivity contribution < 1.29 is 4.79 Å². The van der Waals surface area contributed by atoms with Gasteiger partial charge in [-0.15, -0.1) is 0 Å². The molecule has 1 heterocycles. The normalized spacial score (nSPS) is 22.9. The summed E-state index contributed by atoms with van der Waals surface area (Å²) in [6.07, 6.45) is 2.29. The highest BCUT2D eigenvalue weighted by Crippen LogP contribution is 2.34. The van der Waals surface area contributed by atoms with E-state index in [0.717, 1.165) is 13.0 Å². The maximum Gasteiger partial charge on any atom is 0.467 e. The summed E-state index contributed by atoms with van der Waals surface area (Å²) < 4.78 is 0.240. The molecule has 1 aliphatic rings. The fraction of sp³-hybridized carbons (Fsp3) is 0.533. The van der Waals surface area contributed by atoms with E-state index in [1.54, 1.807) is 0 Å². The summed E-state index contributed by atoms with van der Waals surface area (Å²) in [5, 5.41) is 6.84. The Morgan fingerprint density at radius 1 is 1.45 bits per heavy atom. The number of hydrogen-bond acceptors (Lipinski definition) is 2. The molecule has 1 aliphatic heterocycles. The molecule has 1 amide bonds. The summed E-state index contributed by atoms with van der Waals surface area (Å²) in [5.74, 6) is 0. The Labute approximate surface area is 138 Å². The zero-order chi connectivity index (χ0) is 14.6. The molecule has 0 aliphatic carbocycles. The molecule has 20 heavy (non-hydrogen) atoms. The van der Waals surface area contributed by atoms with Crippen molar-refractivity contribution in [3.8, 4) is 0 Å². The topological polar surface area (TPSA) is 41.1 Å². The van der Waals surface area contributed by atoms with Crippen molar-refractivity contribution in [2.45, 2.75) is 38.8 Å². The van der Waals surface area contributed by atoms with Gasteiger partial charge in [-0.1, -0.05) is 44.2 Å². The molecule has 2 atom stereocenters. The maximum atomic E-state index is 11.9. The van der Waals surface area contributed by atoms with Gasteiger partial charge in [0, 0.05) is 6.04 Å². The minimum Gasteiger partial charge on any atom is -0.363 e. The number of rotatable bonds is 4. The highest BCUT2D eigenvalue weighted by Gasteiger charge is 2.33. The molecule has 0 bridgehead atoms. The predicted molar refractivity (Wildman–Crippen MR) is 93.7 cm³/mol. The first-order valence-electron chi connectivity index (χ1n) is 7.15. The molecular weight excluding hydrogens is 378 g/mol. The summed E-state index contributed by atoms with van der Waals surface area (Å²) in [5.41, 5.74) is 1.55. The smallest absolute Gasteiger partial charge is 0.363 e. The average Bonchev–Trinajstić information content (AvgIpc) is 2.44. The number of nitrogens with one attached hydrogen (secondary N) is 2. The van der Waals surface area contributed by atoms with Gasteiger partial charge in [0.1, 0.15) is 4.77 Å². The van der Waals surface area contributed by atoms with Gasteiger partial charge in [-0.3, -0.25) is 4.79 Å². The maximum absolute atomic E-state index is 11.9. The standard InChI is InChI=1S/C15H21N2O.Al.HI.H/c1-15(2)8-9-16-13(10-15)14(17-11-18)12-6-4-3-5-7-12;;;/h3-7,13-14,16H,8-10H2,1-2H3,(H,17,18);;1H;/q;+1;;/p-1. The lowest BCUT2D eigenvalue weighted by Gasteiger charge is -2.40. The van der Waals surface area contributed by atoms with Crippen molar-refractivity contribution in [1.82, 2.24) is 10.6 Å². The molecule has 2 unspecified atom stereocenters. The molecule has 5 heteroatoms. The van der Waals surface area contributed by atoms with Crippen LogP contribution in [-0.2, 0) is 0 Å². The number of amides is 1. The second-order valence-electron chi connectivity index (χ2n) is 6.27. The molecule has 2 N–H and O–H groups in total.